The summed E-state index contributed by atoms with van der Waals surface area (Å²) in [6, 6.07) is 0.961. The molecule has 18 heavy (non-hydrogen) atoms. The fraction of sp³-hybridized carbons (Fsp3) is 0.364. The first-order valence-electron chi connectivity index (χ1n) is 5.30. The fourth-order valence-electron chi connectivity index (χ4n) is 1.83. The number of hydrogen-bond donors (Lipinski definition) is 3. The van der Waals surface area contributed by atoms with Crippen LogP contribution >= 0.6 is 0 Å². The predicted octanol–water partition coefficient (Wildman–Crippen LogP) is 0.429. The minimum absolute atomic E-state index is 0.0398. The number of carbonyl (C=O) groups is 1. The largest absolute Gasteiger partial charge is 0.505 e. The molecule has 0 saturated heterocycles. The molecule has 98 valence electrons. The lowest BCUT2D eigenvalue weighted by molar-refractivity contribution is -0.138. The van der Waals surface area contributed by atoms with E-state index in [0.29, 0.717) is 0 Å². The van der Waals surface area contributed by atoms with Crippen molar-refractivity contribution in [2.24, 2.45) is 5.73 Å². The van der Waals surface area contributed by atoms with E-state index in [1.165, 1.54) is 0 Å². The Bertz CT molecular complexity index is 491. The highest BCUT2D eigenvalue weighted by Gasteiger charge is 2.31. The molecule has 7 heteroatoms. The number of carboxylic acid groups (broad SMARTS) is 1. The van der Waals surface area contributed by atoms with Crippen molar-refractivity contribution in [3.05, 3.63) is 17.4 Å². The van der Waals surface area contributed by atoms with Gasteiger partial charge in [-0.1, -0.05) is 0 Å². The molecule has 0 radical (unpaired) electrons. The molecule has 2 rings (SSSR count). The van der Waals surface area contributed by atoms with E-state index in [-0.39, 0.29) is 36.8 Å². The van der Waals surface area contributed by atoms with Crippen LogP contribution in [0.15, 0.2) is 6.07 Å². The summed E-state index contributed by atoms with van der Waals surface area (Å²) in [7, 11) is 0. The van der Waals surface area contributed by atoms with Crippen LogP contribution in [0, 0.1) is 5.82 Å². The number of halogens is 1. The second-order valence-electron chi connectivity index (χ2n) is 3.77. The zero-order valence-corrected chi connectivity index (χ0v) is 9.35. The summed E-state index contributed by atoms with van der Waals surface area (Å²) in [6.07, 6.45) is 0. The first-order valence-corrected chi connectivity index (χ1v) is 5.30. The molecule has 0 saturated carbocycles. The molecule has 0 amide bonds. The smallest absolute Gasteiger partial charge is 0.312 e. The van der Waals surface area contributed by atoms with Crippen LogP contribution < -0.4 is 15.2 Å². The summed E-state index contributed by atoms with van der Waals surface area (Å²) in [5.74, 6) is -4.14. The van der Waals surface area contributed by atoms with Crippen LogP contribution in [0.1, 0.15) is 11.5 Å². The highest BCUT2D eigenvalue weighted by molar-refractivity contribution is 5.80. The number of ether oxygens (including phenoxy) is 2. The lowest BCUT2D eigenvalue weighted by Gasteiger charge is -2.24. The molecule has 4 N–H and O–H groups in total. The predicted molar refractivity (Wildman–Crippen MR) is 58.5 cm³/mol. The third kappa shape index (κ3) is 1.92. The summed E-state index contributed by atoms with van der Waals surface area (Å²) in [5, 5.41) is 18.7. The molecular formula is C11H12FNO5. The number of hydrogen-bond acceptors (Lipinski definition) is 5. The van der Waals surface area contributed by atoms with E-state index in [4.69, 9.17) is 20.3 Å². The molecule has 0 fully saturated rings. The van der Waals surface area contributed by atoms with Crippen LogP contribution in [0.5, 0.6) is 17.2 Å². The zero-order valence-electron chi connectivity index (χ0n) is 9.35. The van der Waals surface area contributed by atoms with Crippen LogP contribution in [0.3, 0.4) is 0 Å². The van der Waals surface area contributed by atoms with Crippen LogP contribution in [-0.2, 0) is 4.79 Å². The van der Waals surface area contributed by atoms with Gasteiger partial charge in [-0.2, -0.15) is 0 Å². The minimum atomic E-state index is -1.27. The van der Waals surface area contributed by atoms with Crippen molar-refractivity contribution >= 4 is 5.97 Å². The number of aromatic hydroxyl groups is 1. The Balaban J connectivity index is 2.63. The molecule has 0 aliphatic carbocycles. The Labute approximate surface area is 102 Å². The quantitative estimate of drug-likeness (QED) is 0.725. The van der Waals surface area contributed by atoms with E-state index in [1.54, 1.807) is 0 Å². The van der Waals surface area contributed by atoms with Gasteiger partial charge in [-0.25, -0.2) is 4.39 Å². The van der Waals surface area contributed by atoms with E-state index in [2.05, 4.69) is 0 Å². The van der Waals surface area contributed by atoms with Crippen LogP contribution in [-0.4, -0.2) is 35.9 Å². The Kier molecular flexibility index (Phi) is 3.24. The lowest BCUT2D eigenvalue weighted by Crippen LogP contribution is -2.24. The van der Waals surface area contributed by atoms with Crippen LogP contribution in [0.4, 0.5) is 4.39 Å². The van der Waals surface area contributed by atoms with Crippen LogP contribution in [0.25, 0.3) is 0 Å². The Morgan fingerprint density at radius 2 is 2.17 bits per heavy atom. The second-order valence-corrected chi connectivity index (χ2v) is 3.77. The monoisotopic (exact) mass is 257 g/mol. The Morgan fingerprint density at radius 1 is 1.50 bits per heavy atom. The van der Waals surface area contributed by atoms with E-state index in [0.717, 1.165) is 6.07 Å². The Hall–Kier alpha value is -2.02. The van der Waals surface area contributed by atoms with Gasteiger partial charge in [-0.05, 0) is 0 Å². The highest BCUT2D eigenvalue weighted by atomic mass is 19.1. The maximum atomic E-state index is 13.5. The average Bonchev–Trinajstić information content (AvgIpc) is 2.34. The lowest BCUT2D eigenvalue weighted by atomic mass is 9.96. The van der Waals surface area contributed by atoms with Crippen molar-refractivity contribution < 1.29 is 28.9 Å². The molecular weight excluding hydrogens is 245 g/mol. The number of phenolic OH excluding ortho intramolecular Hbond substituents is 1. The summed E-state index contributed by atoms with van der Waals surface area (Å²) in [6.45, 7) is 0.140. The maximum absolute atomic E-state index is 13.5. The van der Waals surface area contributed by atoms with Gasteiger partial charge in [0.25, 0.3) is 0 Å². The van der Waals surface area contributed by atoms with E-state index in [1.807, 2.05) is 0 Å². The molecule has 0 bridgehead atoms. The SMILES string of the molecule is NCC(C(=O)O)c1c(O)c(F)cc2c1OCCO2. The van der Waals surface area contributed by atoms with E-state index < -0.39 is 23.5 Å². The Morgan fingerprint density at radius 3 is 2.78 bits per heavy atom. The normalized spacial score (nSPS) is 15.2. The molecule has 1 aromatic rings. The highest BCUT2D eigenvalue weighted by Crippen LogP contribution is 2.44. The molecule has 1 heterocycles. The van der Waals surface area contributed by atoms with Gasteiger partial charge in [0, 0.05) is 12.6 Å². The van der Waals surface area contributed by atoms with Gasteiger partial charge in [-0.15, -0.1) is 0 Å². The van der Waals surface area contributed by atoms with E-state index >= 15 is 0 Å². The molecule has 1 aliphatic rings. The summed E-state index contributed by atoms with van der Waals surface area (Å²) in [5.41, 5.74) is 5.17. The third-order valence-electron chi connectivity index (χ3n) is 2.68. The minimum Gasteiger partial charge on any atom is -0.505 e. The van der Waals surface area contributed by atoms with Gasteiger partial charge < -0.3 is 25.4 Å². The standard InChI is InChI=1S/C11H12FNO5/c12-6-3-7-10(18-2-1-17-7)8(9(6)14)5(4-13)11(15)16/h3,5,14H,1-2,4,13H2,(H,15,16). The van der Waals surface area contributed by atoms with Gasteiger partial charge in [0.15, 0.2) is 23.1 Å². The summed E-state index contributed by atoms with van der Waals surface area (Å²) >= 11 is 0. The van der Waals surface area contributed by atoms with Gasteiger partial charge >= 0.3 is 5.97 Å². The maximum Gasteiger partial charge on any atom is 0.312 e. The first-order chi connectivity index (χ1) is 8.56. The fourth-order valence-corrected chi connectivity index (χ4v) is 1.83. The number of rotatable bonds is 3. The molecule has 1 atom stereocenters. The number of phenols is 1. The van der Waals surface area contributed by atoms with Crippen molar-refractivity contribution in [3.8, 4) is 17.2 Å². The molecule has 6 nitrogen and oxygen atoms in total. The second kappa shape index (κ2) is 4.69. The third-order valence-corrected chi connectivity index (χ3v) is 2.68. The van der Waals surface area contributed by atoms with E-state index in [9.17, 15) is 14.3 Å². The van der Waals surface area contributed by atoms with Gasteiger partial charge in [-0.3, -0.25) is 4.79 Å². The number of fused-ring (bicyclic) bond motifs is 1. The van der Waals surface area contributed by atoms with Crippen molar-refractivity contribution in [1.82, 2.24) is 0 Å². The number of benzene rings is 1. The topological polar surface area (TPSA) is 102 Å². The zero-order chi connectivity index (χ0) is 13.3. The molecule has 1 aromatic carbocycles. The van der Waals surface area contributed by atoms with Gasteiger partial charge in [0.2, 0.25) is 0 Å². The molecule has 1 unspecified atom stereocenters. The number of nitrogens with two attached hydrogens (primary N) is 1. The summed E-state index contributed by atoms with van der Waals surface area (Å²) < 4.78 is 23.9. The van der Waals surface area contributed by atoms with Crippen molar-refractivity contribution in [1.29, 1.82) is 0 Å². The first kappa shape index (κ1) is 12.4. The van der Waals surface area contributed by atoms with Gasteiger partial charge in [0.1, 0.15) is 19.1 Å². The van der Waals surface area contributed by atoms with Crippen molar-refractivity contribution in [2.45, 2.75) is 5.92 Å². The van der Waals surface area contributed by atoms with Gasteiger partial charge in [0.05, 0.1) is 5.56 Å². The van der Waals surface area contributed by atoms with Crippen molar-refractivity contribution in [2.75, 3.05) is 19.8 Å². The molecule has 0 aromatic heterocycles. The summed E-state index contributed by atoms with van der Waals surface area (Å²) in [4.78, 5) is 11.1. The molecule has 0 spiro atoms. The average molecular weight is 257 g/mol. The molecule has 1 aliphatic heterocycles. The van der Waals surface area contributed by atoms with Crippen LogP contribution in [0.2, 0.25) is 0 Å². The van der Waals surface area contributed by atoms with Crippen molar-refractivity contribution in [3.63, 3.8) is 0 Å². The number of carboxylic acids is 1. The number of aliphatic carboxylic acids is 1.